The third-order valence-electron chi connectivity index (χ3n) is 5.57. The van der Waals surface area contributed by atoms with Crippen LogP contribution in [0.5, 0.6) is 0 Å². The van der Waals surface area contributed by atoms with E-state index in [1.54, 1.807) is 12.3 Å². The van der Waals surface area contributed by atoms with Crippen molar-refractivity contribution in [2.75, 3.05) is 18.4 Å². The highest BCUT2D eigenvalue weighted by Gasteiger charge is 2.50. The minimum Gasteiger partial charge on any atom is -0.325 e. The number of nitrogens with zero attached hydrogens (tertiary/aromatic N) is 4. The fraction of sp³-hybridized carbons (Fsp3) is 0.526. The minimum atomic E-state index is -4.86. The van der Waals surface area contributed by atoms with Crippen LogP contribution in [-0.2, 0) is 23.1 Å². The molecule has 2 amide bonds. The second-order valence-electron chi connectivity index (χ2n) is 7.92. The van der Waals surface area contributed by atoms with Crippen molar-refractivity contribution in [3.8, 4) is 0 Å². The van der Waals surface area contributed by atoms with Gasteiger partial charge in [-0.15, -0.1) is 0 Å². The number of sulfone groups is 1. The number of aromatic nitrogens is 3. The van der Waals surface area contributed by atoms with Gasteiger partial charge in [0.1, 0.15) is 0 Å². The molecule has 176 valence electrons. The summed E-state index contributed by atoms with van der Waals surface area (Å²) < 4.78 is 80.6. The molecule has 2 aromatic heterocycles. The van der Waals surface area contributed by atoms with Crippen molar-refractivity contribution in [1.82, 2.24) is 19.7 Å². The lowest BCUT2D eigenvalue weighted by Crippen LogP contribution is -2.48. The van der Waals surface area contributed by atoms with Crippen LogP contribution in [0.25, 0.3) is 0 Å². The van der Waals surface area contributed by atoms with Gasteiger partial charge in [-0.1, -0.05) is 0 Å². The number of pyridine rings is 1. The van der Waals surface area contributed by atoms with Crippen LogP contribution in [-0.4, -0.2) is 52.2 Å². The first kappa shape index (κ1) is 24.0. The maximum Gasteiger partial charge on any atom is 0.435 e. The zero-order valence-corrected chi connectivity index (χ0v) is 18.5. The van der Waals surface area contributed by atoms with Crippen molar-refractivity contribution in [2.24, 2.45) is 13.0 Å². The topological polar surface area (TPSA) is 97.2 Å². The molecule has 0 bridgehead atoms. The maximum absolute atomic E-state index is 15.6. The van der Waals surface area contributed by atoms with Crippen LogP contribution in [0.1, 0.15) is 31.0 Å². The fourth-order valence-corrected chi connectivity index (χ4v) is 5.43. The number of urea groups is 1. The van der Waals surface area contributed by atoms with Crippen LogP contribution >= 0.6 is 0 Å². The van der Waals surface area contributed by atoms with Gasteiger partial charge in [0.15, 0.2) is 10.7 Å². The number of halogens is 4. The number of hydrogen-bond donors (Lipinski definition) is 1. The molecule has 1 N–H and O–H groups in total. The predicted octanol–water partition coefficient (Wildman–Crippen LogP) is 3.55. The Balaban J connectivity index is 1.71. The number of likely N-dealkylation sites (tertiary alicyclic amines) is 1. The molecule has 1 aliphatic rings. The van der Waals surface area contributed by atoms with Crippen molar-refractivity contribution < 1.29 is 30.8 Å². The first-order valence-electron chi connectivity index (χ1n) is 9.76. The van der Waals surface area contributed by atoms with Gasteiger partial charge in [0.2, 0.25) is 14.8 Å². The number of carbonyl (C=O) groups excluding carboxylic acids is 1. The first-order chi connectivity index (χ1) is 14.7. The van der Waals surface area contributed by atoms with Crippen LogP contribution < -0.4 is 5.32 Å². The summed E-state index contributed by atoms with van der Waals surface area (Å²) in [4.78, 5) is 17.9. The maximum atomic E-state index is 15.6. The number of nitrogens with one attached hydrogen (secondary N) is 1. The third-order valence-corrected chi connectivity index (χ3v) is 7.88. The summed E-state index contributed by atoms with van der Waals surface area (Å²) in [7, 11) is -3.77. The Labute approximate surface area is 182 Å². The number of carbonyl (C=O) groups is 1. The van der Waals surface area contributed by atoms with Gasteiger partial charge in [-0.25, -0.2) is 17.6 Å². The number of alkyl halides is 4. The van der Waals surface area contributed by atoms with E-state index in [2.05, 4.69) is 15.4 Å². The van der Waals surface area contributed by atoms with Crippen LogP contribution in [0.3, 0.4) is 0 Å². The predicted molar refractivity (Wildman–Crippen MR) is 107 cm³/mol. The van der Waals surface area contributed by atoms with Gasteiger partial charge < -0.3 is 10.2 Å². The minimum absolute atomic E-state index is 0.0235. The van der Waals surface area contributed by atoms with Crippen molar-refractivity contribution in [3.63, 3.8) is 0 Å². The quantitative estimate of drug-likeness (QED) is 0.680. The standard InChI is InChI=1S/C19H23F4N5O3S/c1-12-8-14(11-24-10-12)25-17(29)28-6-4-13(5-7-28)18(2,20)32(30,31)16-9-15(19(21,22)23)26-27(16)3/h8-11,13H,4-7H2,1-3H3,(H,25,29). The van der Waals surface area contributed by atoms with E-state index in [0.717, 1.165) is 19.5 Å². The summed E-state index contributed by atoms with van der Waals surface area (Å²) >= 11 is 0. The van der Waals surface area contributed by atoms with Crippen molar-refractivity contribution in [2.45, 2.75) is 42.9 Å². The highest BCUT2D eigenvalue weighted by Crippen LogP contribution is 2.40. The van der Waals surface area contributed by atoms with Crippen molar-refractivity contribution in [1.29, 1.82) is 0 Å². The number of anilines is 1. The Morgan fingerprint density at radius 2 is 1.78 bits per heavy atom. The van der Waals surface area contributed by atoms with Gasteiger partial charge in [-0.2, -0.15) is 18.3 Å². The molecule has 0 saturated carbocycles. The second-order valence-corrected chi connectivity index (χ2v) is 10.1. The van der Waals surface area contributed by atoms with Crippen LogP contribution in [0.15, 0.2) is 29.6 Å². The molecule has 1 unspecified atom stereocenters. The number of hydrogen-bond acceptors (Lipinski definition) is 5. The summed E-state index contributed by atoms with van der Waals surface area (Å²) in [5.74, 6) is -1.01. The van der Waals surface area contributed by atoms with Gasteiger partial charge in [-0.3, -0.25) is 9.67 Å². The number of amides is 2. The monoisotopic (exact) mass is 477 g/mol. The average molecular weight is 477 g/mol. The van der Waals surface area contributed by atoms with Crippen LogP contribution in [0.4, 0.5) is 28.0 Å². The fourth-order valence-electron chi connectivity index (χ4n) is 3.69. The average Bonchev–Trinajstić information content (AvgIpc) is 3.11. The molecule has 0 spiro atoms. The molecule has 1 saturated heterocycles. The van der Waals surface area contributed by atoms with Crippen LogP contribution in [0, 0.1) is 12.8 Å². The van der Waals surface area contributed by atoms with E-state index in [1.807, 2.05) is 6.92 Å². The van der Waals surface area contributed by atoms with E-state index in [4.69, 9.17) is 0 Å². The number of rotatable bonds is 4. The van der Waals surface area contributed by atoms with Gasteiger partial charge in [0, 0.05) is 38.3 Å². The van der Waals surface area contributed by atoms with Gasteiger partial charge >= 0.3 is 12.2 Å². The largest absolute Gasteiger partial charge is 0.435 e. The molecular formula is C19H23F4N5O3S. The SMILES string of the molecule is Cc1cncc(NC(=O)N2CCC(C(C)(F)S(=O)(=O)c3cc(C(F)(F)F)nn3C)CC2)c1. The Bertz CT molecular complexity index is 1110. The third kappa shape index (κ3) is 4.57. The van der Waals surface area contributed by atoms with E-state index >= 15 is 4.39 Å². The molecule has 1 fully saturated rings. The van der Waals surface area contributed by atoms with E-state index < -0.39 is 43.7 Å². The molecule has 0 aromatic carbocycles. The molecule has 8 nitrogen and oxygen atoms in total. The summed E-state index contributed by atoms with van der Waals surface area (Å²) in [6.07, 6.45) is -1.70. The highest BCUT2D eigenvalue weighted by molar-refractivity contribution is 7.92. The Morgan fingerprint density at radius 3 is 2.31 bits per heavy atom. The second kappa shape index (κ2) is 8.34. The molecule has 2 aromatic rings. The summed E-state index contributed by atoms with van der Waals surface area (Å²) in [6.45, 7) is 2.84. The molecule has 3 heterocycles. The molecule has 13 heteroatoms. The lowest BCUT2D eigenvalue weighted by atomic mass is 9.92. The summed E-state index contributed by atoms with van der Waals surface area (Å²) in [5.41, 5.74) is -0.0676. The first-order valence-corrected chi connectivity index (χ1v) is 11.2. The van der Waals surface area contributed by atoms with Crippen molar-refractivity contribution >= 4 is 21.6 Å². The zero-order valence-electron chi connectivity index (χ0n) is 17.6. The van der Waals surface area contributed by atoms with Gasteiger partial charge in [0.05, 0.1) is 11.9 Å². The highest BCUT2D eigenvalue weighted by atomic mass is 32.2. The molecule has 0 radical (unpaired) electrons. The summed E-state index contributed by atoms with van der Waals surface area (Å²) in [5, 5.41) is 2.16. The van der Waals surface area contributed by atoms with Crippen molar-refractivity contribution in [3.05, 3.63) is 35.8 Å². The van der Waals surface area contributed by atoms with Gasteiger partial charge in [0.25, 0.3) is 0 Å². The van der Waals surface area contributed by atoms with E-state index in [1.165, 1.54) is 11.1 Å². The van der Waals surface area contributed by atoms with Crippen LogP contribution in [0.2, 0.25) is 0 Å². The lowest BCUT2D eigenvalue weighted by Gasteiger charge is -2.37. The molecule has 1 aliphatic heterocycles. The zero-order chi connectivity index (χ0) is 23.9. The van der Waals surface area contributed by atoms with E-state index in [-0.39, 0.29) is 25.9 Å². The lowest BCUT2D eigenvalue weighted by molar-refractivity contribution is -0.141. The summed E-state index contributed by atoms with van der Waals surface area (Å²) in [6, 6.07) is 1.64. The molecule has 3 rings (SSSR count). The van der Waals surface area contributed by atoms with E-state index in [0.29, 0.717) is 16.4 Å². The smallest absolute Gasteiger partial charge is 0.325 e. The number of aryl methyl sites for hydroxylation is 2. The molecule has 0 aliphatic carbocycles. The Kier molecular flexibility index (Phi) is 6.24. The molecular weight excluding hydrogens is 454 g/mol. The van der Waals surface area contributed by atoms with Gasteiger partial charge in [-0.05, 0) is 38.3 Å². The van der Waals surface area contributed by atoms with E-state index in [9.17, 15) is 26.4 Å². The molecule has 32 heavy (non-hydrogen) atoms. The Hall–Kier alpha value is -2.70. The normalized spacial score (nSPS) is 17.8. The molecule has 1 atom stereocenters. The Morgan fingerprint density at radius 1 is 1.16 bits per heavy atom. The number of piperidine rings is 1.